The molecule has 0 spiro atoms. The van der Waals surface area contributed by atoms with Crippen LogP contribution in [-0.2, 0) is 4.74 Å². The van der Waals surface area contributed by atoms with E-state index >= 15 is 0 Å². The normalized spacial score (nSPS) is 20.9. The lowest BCUT2D eigenvalue weighted by Gasteiger charge is -2.05. The van der Waals surface area contributed by atoms with Gasteiger partial charge >= 0.3 is 0 Å². The van der Waals surface area contributed by atoms with E-state index in [1.54, 1.807) is 0 Å². The third kappa shape index (κ3) is 1.42. The number of aliphatic hydroxyl groups excluding tert-OH is 1. The van der Waals surface area contributed by atoms with Crippen LogP contribution in [-0.4, -0.2) is 30.8 Å². The van der Waals surface area contributed by atoms with Gasteiger partial charge in [0.15, 0.2) is 5.90 Å². The van der Waals surface area contributed by atoms with Gasteiger partial charge in [0.05, 0.1) is 19.1 Å². The topological polar surface area (TPSA) is 41.8 Å². The molecule has 0 radical (unpaired) electrons. The van der Waals surface area contributed by atoms with Crippen molar-refractivity contribution in [3.8, 4) is 0 Å². The average molecular weight is 129 g/mol. The SMILES string of the molecule is C[C@H](CO)C1=NCCO1. The van der Waals surface area contributed by atoms with E-state index in [9.17, 15) is 0 Å². The Morgan fingerprint density at radius 3 is 3.11 bits per heavy atom. The molecule has 0 fully saturated rings. The minimum Gasteiger partial charge on any atom is -0.479 e. The minimum atomic E-state index is 0.0764. The third-order valence-corrected chi connectivity index (χ3v) is 1.30. The quantitative estimate of drug-likeness (QED) is 0.572. The van der Waals surface area contributed by atoms with Crippen LogP contribution in [0.5, 0.6) is 0 Å². The van der Waals surface area contributed by atoms with Crippen LogP contribution in [0.25, 0.3) is 0 Å². The fraction of sp³-hybridized carbons (Fsp3) is 0.833. The van der Waals surface area contributed by atoms with Crippen LogP contribution >= 0.6 is 0 Å². The molecule has 1 heterocycles. The summed E-state index contributed by atoms with van der Waals surface area (Å²) in [5.41, 5.74) is 0. The first-order valence-electron chi connectivity index (χ1n) is 3.12. The van der Waals surface area contributed by atoms with Gasteiger partial charge in [0.1, 0.15) is 6.61 Å². The summed E-state index contributed by atoms with van der Waals surface area (Å²) in [4.78, 5) is 4.04. The summed E-state index contributed by atoms with van der Waals surface area (Å²) in [6.07, 6.45) is 0. The van der Waals surface area contributed by atoms with Crippen LogP contribution in [0.1, 0.15) is 6.92 Å². The smallest absolute Gasteiger partial charge is 0.188 e. The molecule has 0 amide bonds. The summed E-state index contributed by atoms with van der Waals surface area (Å²) in [6, 6.07) is 0. The van der Waals surface area contributed by atoms with Crippen molar-refractivity contribution in [2.45, 2.75) is 6.92 Å². The van der Waals surface area contributed by atoms with Crippen molar-refractivity contribution < 1.29 is 9.84 Å². The summed E-state index contributed by atoms with van der Waals surface area (Å²) in [5, 5.41) is 8.63. The fourth-order valence-electron chi connectivity index (χ4n) is 0.728. The van der Waals surface area contributed by atoms with Crippen LogP contribution in [0.2, 0.25) is 0 Å². The zero-order valence-electron chi connectivity index (χ0n) is 5.50. The highest BCUT2D eigenvalue weighted by Crippen LogP contribution is 2.04. The lowest BCUT2D eigenvalue weighted by Crippen LogP contribution is -2.14. The van der Waals surface area contributed by atoms with Crippen LogP contribution in [0.15, 0.2) is 4.99 Å². The molecule has 0 aromatic heterocycles. The molecule has 0 bridgehead atoms. The van der Waals surface area contributed by atoms with Crippen molar-refractivity contribution >= 4 is 5.90 Å². The average Bonchev–Trinajstić information content (AvgIpc) is 2.37. The highest BCUT2D eigenvalue weighted by Gasteiger charge is 2.13. The third-order valence-electron chi connectivity index (χ3n) is 1.30. The number of rotatable bonds is 2. The van der Waals surface area contributed by atoms with Gasteiger partial charge in [0.2, 0.25) is 0 Å². The summed E-state index contributed by atoms with van der Waals surface area (Å²) >= 11 is 0. The first-order valence-corrected chi connectivity index (χ1v) is 3.12. The van der Waals surface area contributed by atoms with Crippen molar-refractivity contribution in [2.24, 2.45) is 10.9 Å². The number of aliphatic hydroxyl groups is 1. The van der Waals surface area contributed by atoms with Gasteiger partial charge in [-0.15, -0.1) is 0 Å². The number of aliphatic imine (C=N–C) groups is 1. The van der Waals surface area contributed by atoms with Crippen molar-refractivity contribution in [3.63, 3.8) is 0 Å². The minimum absolute atomic E-state index is 0.0764. The first kappa shape index (κ1) is 6.55. The standard InChI is InChI=1S/C6H11NO2/c1-5(4-8)6-7-2-3-9-6/h5,8H,2-4H2,1H3/t5-/m1/s1. The highest BCUT2D eigenvalue weighted by molar-refractivity contribution is 5.79. The summed E-state index contributed by atoms with van der Waals surface area (Å²) in [6.45, 7) is 3.45. The molecule has 1 N–H and O–H groups in total. The molecule has 3 nitrogen and oxygen atoms in total. The number of ether oxygens (including phenoxy) is 1. The van der Waals surface area contributed by atoms with Crippen LogP contribution in [0, 0.1) is 5.92 Å². The molecule has 1 aliphatic heterocycles. The Hall–Kier alpha value is -0.570. The van der Waals surface area contributed by atoms with E-state index in [0.29, 0.717) is 12.5 Å². The van der Waals surface area contributed by atoms with Crippen LogP contribution < -0.4 is 0 Å². The molecule has 0 aliphatic carbocycles. The Morgan fingerprint density at radius 2 is 2.67 bits per heavy atom. The van der Waals surface area contributed by atoms with Crippen LogP contribution in [0.4, 0.5) is 0 Å². The summed E-state index contributed by atoms with van der Waals surface area (Å²) in [7, 11) is 0. The Bertz CT molecular complexity index is 122. The zero-order chi connectivity index (χ0) is 6.69. The second kappa shape index (κ2) is 2.82. The Kier molecular flexibility index (Phi) is 2.05. The van der Waals surface area contributed by atoms with Gasteiger partial charge < -0.3 is 9.84 Å². The van der Waals surface area contributed by atoms with Crippen molar-refractivity contribution in [1.82, 2.24) is 0 Å². The van der Waals surface area contributed by atoms with E-state index in [4.69, 9.17) is 9.84 Å². The second-order valence-electron chi connectivity index (χ2n) is 2.15. The van der Waals surface area contributed by atoms with Gasteiger partial charge in [-0.1, -0.05) is 6.92 Å². The van der Waals surface area contributed by atoms with Gasteiger partial charge in [-0.25, -0.2) is 0 Å². The molecule has 0 unspecified atom stereocenters. The lowest BCUT2D eigenvalue weighted by molar-refractivity contribution is 0.242. The van der Waals surface area contributed by atoms with E-state index in [2.05, 4.69) is 4.99 Å². The maximum atomic E-state index is 8.63. The largest absolute Gasteiger partial charge is 0.479 e. The van der Waals surface area contributed by atoms with Crippen LogP contribution in [0.3, 0.4) is 0 Å². The lowest BCUT2D eigenvalue weighted by atomic mass is 10.2. The molecule has 0 saturated heterocycles. The van der Waals surface area contributed by atoms with Gasteiger partial charge in [-0.2, -0.15) is 0 Å². The van der Waals surface area contributed by atoms with Crippen molar-refractivity contribution in [3.05, 3.63) is 0 Å². The molecule has 1 atom stereocenters. The predicted molar refractivity (Wildman–Crippen MR) is 34.5 cm³/mol. The maximum absolute atomic E-state index is 8.63. The Balaban J connectivity index is 2.40. The van der Waals surface area contributed by atoms with Crippen molar-refractivity contribution in [2.75, 3.05) is 19.8 Å². The fourth-order valence-corrected chi connectivity index (χ4v) is 0.728. The van der Waals surface area contributed by atoms with Crippen molar-refractivity contribution in [1.29, 1.82) is 0 Å². The highest BCUT2D eigenvalue weighted by atomic mass is 16.5. The van der Waals surface area contributed by atoms with Gasteiger partial charge in [0.25, 0.3) is 0 Å². The maximum Gasteiger partial charge on any atom is 0.188 e. The molecular formula is C6H11NO2. The molecule has 0 aromatic carbocycles. The van der Waals surface area contributed by atoms with Gasteiger partial charge in [-0.3, -0.25) is 4.99 Å². The first-order chi connectivity index (χ1) is 4.34. The van der Waals surface area contributed by atoms with E-state index in [1.807, 2.05) is 6.92 Å². The molecule has 0 saturated carbocycles. The zero-order valence-corrected chi connectivity index (χ0v) is 5.50. The second-order valence-corrected chi connectivity index (χ2v) is 2.15. The predicted octanol–water partition coefficient (Wildman–Crippen LogP) is 0.0435. The molecule has 3 heteroatoms. The molecular weight excluding hydrogens is 118 g/mol. The molecule has 0 aromatic rings. The van der Waals surface area contributed by atoms with Gasteiger partial charge in [0, 0.05) is 0 Å². The summed E-state index contributed by atoms with van der Waals surface area (Å²) in [5.74, 6) is 0.782. The molecule has 52 valence electrons. The van der Waals surface area contributed by atoms with E-state index in [1.165, 1.54) is 0 Å². The Morgan fingerprint density at radius 1 is 1.89 bits per heavy atom. The van der Waals surface area contributed by atoms with E-state index < -0.39 is 0 Å². The summed E-state index contributed by atoms with van der Waals surface area (Å²) < 4.78 is 5.10. The number of hydrogen-bond acceptors (Lipinski definition) is 3. The molecule has 1 rings (SSSR count). The molecule has 1 aliphatic rings. The number of hydrogen-bond donors (Lipinski definition) is 1. The van der Waals surface area contributed by atoms with E-state index in [0.717, 1.165) is 6.54 Å². The molecule has 9 heavy (non-hydrogen) atoms. The number of nitrogens with zero attached hydrogens (tertiary/aromatic N) is 1. The monoisotopic (exact) mass is 129 g/mol. The van der Waals surface area contributed by atoms with Gasteiger partial charge in [-0.05, 0) is 0 Å². The van der Waals surface area contributed by atoms with E-state index in [-0.39, 0.29) is 12.5 Å². The Labute approximate surface area is 54.4 Å².